The minimum Gasteiger partial charge on any atom is -0.392 e. The summed E-state index contributed by atoms with van der Waals surface area (Å²) in [6.07, 6.45) is 10.8. The van der Waals surface area contributed by atoms with E-state index >= 15 is 0 Å². The molecule has 3 saturated carbocycles. The largest absolute Gasteiger partial charge is 0.392 e. The van der Waals surface area contributed by atoms with E-state index in [-0.39, 0.29) is 29.4 Å². The Morgan fingerprint density at radius 2 is 1.90 bits per heavy atom. The van der Waals surface area contributed by atoms with Crippen LogP contribution < -0.4 is 0 Å². The molecule has 1 heterocycles. The molecule has 3 nitrogen and oxygen atoms in total. The predicted octanol–water partition coefficient (Wildman–Crippen LogP) is 4.76. The van der Waals surface area contributed by atoms with Crippen molar-refractivity contribution >= 4 is 5.91 Å². The highest BCUT2D eigenvalue weighted by Crippen LogP contribution is 2.65. The van der Waals surface area contributed by atoms with Gasteiger partial charge in [-0.1, -0.05) is 50.6 Å². The first-order chi connectivity index (χ1) is 14.3. The number of aliphatic hydroxyl groups is 1. The van der Waals surface area contributed by atoms with Gasteiger partial charge in [-0.2, -0.15) is 0 Å². The molecule has 0 spiro atoms. The minimum atomic E-state index is -0.350. The molecule has 0 saturated heterocycles. The first-order valence-electron chi connectivity index (χ1n) is 11.9. The number of likely N-dealkylation sites (N-methyl/N-ethyl adjacent to an activating group) is 1. The van der Waals surface area contributed by atoms with Crippen molar-refractivity contribution in [2.45, 2.75) is 71.4 Å². The Labute approximate surface area is 181 Å². The molecule has 3 fully saturated rings. The van der Waals surface area contributed by atoms with E-state index in [2.05, 4.69) is 51.1 Å². The summed E-state index contributed by atoms with van der Waals surface area (Å²) in [5.74, 6) is 1.56. The van der Waals surface area contributed by atoms with Crippen molar-refractivity contribution in [1.29, 1.82) is 0 Å². The van der Waals surface area contributed by atoms with Crippen LogP contribution in [0.5, 0.6) is 0 Å². The van der Waals surface area contributed by atoms with Gasteiger partial charge in [-0.25, -0.2) is 0 Å². The second-order valence-electron chi connectivity index (χ2n) is 11.3. The molecule has 1 N–H and O–H groups in total. The Hall–Kier alpha value is -1.61. The quantitative estimate of drug-likeness (QED) is 0.768. The van der Waals surface area contributed by atoms with Gasteiger partial charge in [-0.3, -0.25) is 4.79 Å². The maximum atomic E-state index is 12.7. The Balaban J connectivity index is 1.61. The van der Waals surface area contributed by atoms with Crippen LogP contribution in [0.25, 0.3) is 0 Å². The predicted molar refractivity (Wildman–Crippen MR) is 120 cm³/mol. The smallest absolute Gasteiger partial charge is 0.246 e. The molecule has 30 heavy (non-hydrogen) atoms. The van der Waals surface area contributed by atoms with E-state index in [0.29, 0.717) is 23.2 Å². The number of rotatable bonds is 2. The number of hydrogen-bond acceptors (Lipinski definition) is 2. The Bertz CT molecular complexity index is 877. The molecule has 1 aliphatic heterocycles. The maximum absolute atomic E-state index is 12.7. The van der Waals surface area contributed by atoms with Crippen LogP contribution >= 0.6 is 0 Å². The van der Waals surface area contributed by atoms with Gasteiger partial charge in [-0.15, -0.1) is 0 Å². The number of nitrogens with zero attached hydrogens (tertiary/aromatic N) is 1. The van der Waals surface area contributed by atoms with Gasteiger partial charge in [-0.05, 0) is 79.4 Å². The average molecular weight is 408 g/mol. The zero-order valence-electron chi connectivity index (χ0n) is 19.0. The molecule has 1 amide bonds. The highest BCUT2D eigenvalue weighted by atomic mass is 16.3. The molecule has 3 aliphatic carbocycles. The monoisotopic (exact) mass is 407 g/mol. The van der Waals surface area contributed by atoms with Gasteiger partial charge in [0.1, 0.15) is 0 Å². The lowest BCUT2D eigenvalue weighted by Crippen LogP contribution is -2.67. The summed E-state index contributed by atoms with van der Waals surface area (Å²) in [5, 5.41) is 12.0. The van der Waals surface area contributed by atoms with Crippen molar-refractivity contribution in [2.24, 2.45) is 34.5 Å². The Morgan fingerprint density at radius 1 is 1.13 bits per heavy atom. The second-order valence-corrected chi connectivity index (χ2v) is 11.3. The number of amides is 1. The van der Waals surface area contributed by atoms with Gasteiger partial charge in [0.05, 0.1) is 6.10 Å². The molecule has 1 aromatic carbocycles. The van der Waals surface area contributed by atoms with Crippen molar-refractivity contribution in [3.8, 4) is 0 Å². The fourth-order valence-corrected chi connectivity index (χ4v) is 8.30. The molecule has 0 bridgehead atoms. The zero-order chi connectivity index (χ0) is 21.3. The van der Waals surface area contributed by atoms with E-state index in [1.165, 1.54) is 43.2 Å². The van der Waals surface area contributed by atoms with Gasteiger partial charge in [0.15, 0.2) is 0 Å². The number of aliphatic hydroxyl groups excluding tert-OH is 1. The van der Waals surface area contributed by atoms with Gasteiger partial charge in [0, 0.05) is 24.4 Å². The van der Waals surface area contributed by atoms with Gasteiger partial charge in [0.25, 0.3) is 0 Å². The van der Waals surface area contributed by atoms with Gasteiger partial charge < -0.3 is 10.0 Å². The van der Waals surface area contributed by atoms with E-state index in [9.17, 15) is 9.90 Å². The fourth-order valence-electron chi connectivity index (χ4n) is 8.30. The zero-order valence-corrected chi connectivity index (χ0v) is 19.0. The summed E-state index contributed by atoms with van der Waals surface area (Å²) in [7, 11) is 1.95. The van der Waals surface area contributed by atoms with Crippen LogP contribution in [0.1, 0.15) is 57.1 Å². The highest BCUT2D eigenvalue weighted by Gasteiger charge is 2.63. The third-order valence-corrected chi connectivity index (χ3v) is 9.86. The molecule has 3 unspecified atom stereocenters. The summed E-state index contributed by atoms with van der Waals surface area (Å²) in [6, 6.07) is 8.60. The third-order valence-electron chi connectivity index (χ3n) is 9.86. The Kier molecular flexibility index (Phi) is 4.70. The van der Waals surface area contributed by atoms with Crippen LogP contribution in [0.2, 0.25) is 0 Å². The highest BCUT2D eigenvalue weighted by molar-refractivity contribution is 5.89. The lowest BCUT2D eigenvalue weighted by molar-refractivity contribution is -0.176. The SMILES string of the molecule is Cc1ccccc1CC1C(O)[C@@H]2[C@@H](CC[C@]3(C)CCC[C@@H]23)[C@@]2(C)C=CC(=O)N(C)C12. The Morgan fingerprint density at radius 3 is 2.67 bits per heavy atom. The maximum Gasteiger partial charge on any atom is 0.246 e. The van der Waals surface area contributed by atoms with Gasteiger partial charge >= 0.3 is 0 Å². The molecule has 4 aliphatic rings. The number of carbonyl (C=O) groups is 1. The summed E-state index contributed by atoms with van der Waals surface area (Å²) in [4.78, 5) is 14.7. The molecule has 8 atom stereocenters. The lowest BCUT2D eigenvalue weighted by atomic mass is 9.45. The van der Waals surface area contributed by atoms with E-state index in [0.717, 1.165) is 6.42 Å². The van der Waals surface area contributed by atoms with Crippen LogP contribution in [-0.4, -0.2) is 35.1 Å². The van der Waals surface area contributed by atoms with Crippen molar-refractivity contribution in [2.75, 3.05) is 7.05 Å². The number of benzene rings is 1. The average Bonchev–Trinajstić information content (AvgIpc) is 3.11. The molecular weight excluding hydrogens is 370 g/mol. The summed E-state index contributed by atoms with van der Waals surface area (Å²) < 4.78 is 0. The first-order valence-corrected chi connectivity index (χ1v) is 11.9. The summed E-state index contributed by atoms with van der Waals surface area (Å²) in [5.41, 5.74) is 2.91. The fraction of sp³-hybridized carbons (Fsp3) is 0.667. The van der Waals surface area contributed by atoms with E-state index < -0.39 is 0 Å². The van der Waals surface area contributed by atoms with Crippen molar-refractivity contribution in [3.05, 3.63) is 47.5 Å². The molecule has 0 radical (unpaired) electrons. The first kappa shape index (κ1) is 20.3. The number of fused-ring (bicyclic) bond motifs is 5. The van der Waals surface area contributed by atoms with E-state index in [4.69, 9.17) is 0 Å². The molecule has 162 valence electrons. The topological polar surface area (TPSA) is 40.5 Å². The lowest BCUT2D eigenvalue weighted by Gasteiger charge is -2.63. The van der Waals surface area contributed by atoms with Crippen LogP contribution in [-0.2, 0) is 11.2 Å². The number of carbonyl (C=O) groups excluding carboxylic acids is 1. The second kappa shape index (κ2) is 6.95. The van der Waals surface area contributed by atoms with Crippen molar-refractivity contribution < 1.29 is 9.90 Å². The standard InChI is InChI=1S/C27H37NO2/c1-17-8-5-6-9-18(17)16-19-24(30)23-20-10-7-13-26(20,2)14-11-21(23)27(3)15-12-22(29)28(4)25(19)27/h5-6,8-9,12,15,19-21,23-25,30H,7,10-11,13-14,16H2,1-4H3/t19?,20-,21+,23-,24?,25?,26-,27+/m0/s1. The molecule has 3 heteroatoms. The molecule has 5 rings (SSSR count). The minimum absolute atomic E-state index is 0.0524. The van der Waals surface area contributed by atoms with E-state index in [1.807, 2.05) is 11.9 Å². The van der Waals surface area contributed by atoms with Crippen molar-refractivity contribution in [1.82, 2.24) is 4.90 Å². The molecular formula is C27H37NO2. The van der Waals surface area contributed by atoms with Crippen LogP contribution in [0.4, 0.5) is 0 Å². The van der Waals surface area contributed by atoms with Gasteiger partial charge in [0.2, 0.25) is 5.91 Å². The molecule has 0 aromatic heterocycles. The van der Waals surface area contributed by atoms with Crippen molar-refractivity contribution in [3.63, 3.8) is 0 Å². The normalized spacial score (nSPS) is 45.1. The third kappa shape index (κ3) is 2.77. The molecule has 1 aromatic rings. The number of aryl methyl sites for hydroxylation is 1. The van der Waals surface area contributed by atoms with Crippen LogP contribution in [0, 0.1) is 41.4 Å². The van der Waals surface area contributed by atoms with Crippen LogP contribution in [0.15, 0.2) is 36.4 Å². The number of hydrogen-bond donors (Lipinski definition) is 1. The van der Waals surface area contributed by atoms with Crippen LogP contribution in [0.3, 0.4) is 0 Å². The van der Waals surface area contributed by atoms with E-state index in [1.54, 1.807) is 6.08 Å². The summed E-state index contributed by atoms with van der Waals surface area (Å²) in [6.45, 7) is 7.02. The summed E-state index contributed by atoms with van der Waals surface area (Å²) >= 11 is 0.